The van der Waals surface area contributed by atoms with E-state index in [1.165, 1.54) is 0 Å². The minimum absolute atomic E-state index is 0.00666. The SMILES string of the molecule is CC(C)(C)c1ccccc1OCCNC(=O)c1cccc(N2CCCC2=O)c1. The van der Waals surface area contributed by atoms with Crippen LogP contribution in [0.4, 0.5) is 5.69 Å². The standard InChI is InChI=1S/C23H28N2O3/c1-23(2,3)19-10-4-5-11-20(19)28-15-13-24-22(27)17-8-6-9-18(16-17)25-14-7-12-21(25)26/h4-6,8-11,16H,7,12-15H2,1-3H3,(H,24,27). The zero-order chi connectivity index (χ0) is 20.1. The largest absolute Gasteiger partial charge is 0.491 e. The molecule has 0 radical (unpaired) electrons. The first-order valence-electron chi connectivity index (χ1n) is 9.77. The van der Waals surface area contributed by atoms with E-state index < -0.39 is 0 Å². The Labute approximate surface area is 166 Å². The molecule has 28 heavy (non-hydrogen) atoms. The van der Waals surface area contributed by atoms with Crippen LogP contribution in [0, 0.1) is 0 Å². The van der Waals surface area contributed by atoms with Crippen LogP contribution >= 0.6 is 0 Å². The number of ether oxygens (including phenoxy) is 1. The normalized spacial score (nSPS) is 14.2. The van der Waals surface area contributed by atoms with E-state index in [0.717, 1.165) is 23.4 Å². The molecule has 2 aromatic rings. The van der Waals surface area contributed by atoms with Crippen molar-refractivity contribution < 1.29 is 14.3 Å². The molecular weight excluding hydrogens is 352 g/mol. The van der Waals surface area contributed by atoms with Gasteiger partial charge < -0.3 is 15.0 Å². The van der Waals surface area contributed by atoms with E-state index in [1.54, 1.807) is 17.0 Å². The van der Waals surface area contributed by atoms with Gasteiger partial charge in [-0.2, -0.15) is 0 Å². The van der Waals surface area contributed by atoms with Gasteiger partial charge in [-0.15, -0.1) is 0 Å². The first kappa shape index (κ1) is 19.9. The summed E-state index contributed by atoms with van der Waals surface area (Å²) in [4.78, 5) is 26.1. The molecule has 2 amide bonds. The molecule has 0 spiro atoms. The number of para-hydroxylation sites is 1. The lowest BCUT2D eigenvalue weighted by Gasteiger charge is -2.22. The van der Waals surface area contributed by atoms with Crippen LogP contribution in [0.3, 0.4) is 0 Å². The molecule has 1 N–H and O–H groups in total. The molecule has 0 atom stereocenters. The van der Waals surface area contributed by atoms with Gasteiger partial charge in [0.1, 0.15) is 12.4 Å². The Bertz CT molecular complexity index is 855. The molecule has 1 aliphatic rings. The van der Waals surface area contributed by atoms with Crippen molar-refractivity contribution in [3.05, 3.63) is 59.7 Å². The van der Waals surface area contributed by atoms with Crippen LogP contribution in [0.25, 0.3) is 0 Å². The van der Waals surface area contributed by atoms with Gasteiger partial charge in [-0.3, -0.25) is 9.59 Å². The topological polar surface area (TPSA) is 58.6 Å². The lowest BCUT2D eigenvalue weighted by Crippen LogP contribution is -2.29. The third kappa shape index (κ3) is 4.71. The summed E-state index contributed by atoms with van der Waals surface area (Å²) >= 11 is 0. The first-order chi connectivity index (χ1) is 13.4. The predicted octanol–water partition coefficient (Wildman–Crippen LogP) is 3.92. The molecule has 0 aliphatic carbocycles. The van der Waals surface area contributed by atoms with E-state index in [0.29, 0.717) is 31.7 Å². The molecule has 0 unspecified atom stereocenters. The number of amides is 2. The Morgan fingerprint density at radius 2 is 1.93 bits per heavy atom. The van der Waals surface area contributed by atoms with Crippen molar-refractivity contribution in [2.45, 2.75) is 39.0 Å². The molecule has 1 saturated heterocycles. The van der Waals surface area contributed by atoms with Gasteiger partial charge in [-0.05, 0) is 41.7 Å². The van der Waals surface area contributed by atoms with Crippen molar-refractivity contribution in [1.29, 1.82) is 0 Å². The van der Waals surface area contributed by atoms with Gasteiger partial charge >= 0.3 is 0 Å². The monoisotopic (exact) mass is 380 g/mol. The highest BCUT2D eigenvalue weighted by molar-refractivity contribution is 5.99. The van der Waals surface area contributed by atoms with Gasteiger partial charge in [0.15, 0.2) is 0 Å². The van der Waals surface area contributed by atoms with E-state index >= 15 is 0 Å². The quantitative estimate of drug-likeness (QED) is 0.773. The molecule has 1 aliphatic heterocycles. The van der Waals surface area contributed by atoms with E-state index in [1.807, 2.05) is 30.3 Å². The number of nitrogens with one attached hydrogen (secondary N) is 1. The Morgan fingerprint density at radius 1 is 1.14 bits per heavy atom. The van der Waals surface area contributed by atoms with Crippen molar-refractivity contribution in [1.82, 2.24) is 5.32 Å². The summed E-state index contributed by atoms with van der Waals surface area (Å²) in [6.45, 7) is 7.96. The maximum atomic E-state index is 12.5. The van der Waals surface area contributed by atoms with Crippen LogP contribution in [0.5, 0.6) is 5.75 Å². The molecule has 3 rings (SSSR count). The second kappa shape index (κ2) is 8.46. The van der Waals surface area contributed by atoms with Gasteiger partial charge in [0.25, 0.3) is 5.91 Å². The van der Waals surface area contributed by atoms with Gasteiger partial charge in [0.2, 0.25) is 5.91 Å². The number of carbonyl (C=O) groups is 2. The Morgan fingerprint density at radius 3 is 2.64 bits per heavy atom. The fourth-order valence-electron chi connectivity index (χ4n) is 3.38. The molecule has 0 bridgehead atoms. The highest BCUT2D eigenvalue weighted by atomic mass is 16.5. The van der Waals surface area contributed by atoms with Crippen LogP contribution in [0.1, 0.15) is 49.5 Å². The molecule has 2 aromatic carbocycles. The second-order valence-electron chi connectivity index (χ2n) is 8.05. The van der Waals surface area contributed by atoms with Crippen LogP contribution in [-0.2, 0) is 10.2 Å². The molecule has 1 heterocycles. The molecule has 148 valence electrons. The Kier molecular flexibility index (Phi) is 6.02. The van der Waals surface area contributed by atoms with Gasteiger partial charge in [0.05, 0.1) is 6.54 Å². The van der Waals surface area contributed by atoms with Crippen LogP contribution in [0.2, 0.25) is 0 Å². The summed E-state index contributed by atoms with van der Waals surface area (Å²) in [5.41, 5.74) is 2.47. The number of hydrogen-bond donors (Lipinski definition) is 1. The smallest absolute Gasteiger partial charge is 0.251 e. The number of carbonyl (C=O) groups excluding carboxylic acids is 2. The zero-order valence-corrected chi connectivity index (χ0v) is 16.8. The number of hydrogen-bond acceptors (Lipinski definition) is 3. The molecule has 1 fully saturated rings. The minimum Gasteiger partial charge on any atom is -0.491 e. The highest BCUT2D eigenvalue weighted by Crippen LogP contribution is 2.30. The fraction of sp³-hybridized carbons (Fsp3) is 0.391. The van der Waals surface area contributed by atoms with Crippen LogP contribution in [0.15, 0.2) is 48.5 Å². The van der Waals surface area contributed by atoms with Crippen LogP contribution < -0.4 is 15.0 Å². The molecule has 0 saturated carbocycles. The molecular formula is C23H28N2O3. The van der Waals surface area contributed by atoms with Gasteiger partial charge in [-0.1, -0.05) is 45.0 Å². The predicted molar refractivity (Wildman–Crippen MR) is 111 cm³/mol. The van der Waals surface area contributed by atoms with E-state index in [4.69, 9.17) is 4.74 Å². The lowest BCUT2D eigenvalue weighted by atomic mass is 9.86. The van der Waals surface area contributed by atoms with Crippen molar-refractivity contribution in [3.63, 3.8) is 0 Å². The average Bonchev–Trinajstić information content (AvgIpc) is 3.10. The average molecular weight is 380 g/mol. The number of nitrogens with zero attached hydrogens (tertiary/aromatic N) is 1. The van der Waals surface area contributed by atoms with Crippen molar-refractivity contribution in [2.24, 2.45) is 0 Å². The third-order valence-corrected chi connectivity index (χ3v) is 4.83. The van der Waals surface area contributed by atoms with E-state index in [2.05, 4.69) is 32.2 Å². The van der Waals surface area contributed by atoms with Crippen molar-refractivity contribution in [2.75, 3.05) is 24.6 Å². The number of benzene rings is 2. The summed E-state index contributed by atoms with van der Waals surface area (Å²) < 4.78 is 5.90. The Hall–Kier alpha value is -2.82. The summed E-state index contributed by atoms with van der Waals surface area (Å²) in [6.07, 6.45) is 1.44. The van der Waals surface area contributed by atoms with Gasteiger partial charge in [-0.25, -0.2) is 0 Å². The Balaban J connectivity index is 1.55. The summed E-state index contributed by atoms with van der Waals surface area (Å²) in [6, 6.07) is 15.2. The van der Waals surface area contributed by atoms with E-state index in [9.17, 15) is 9.59 Å². The minimum atomic E-state index is -0.166. The zero-order valence-electron chi connectivity index (χ0n) is 16.8. The van der Waals surface area contributed by atoms with Gasteiger partial charge in [0, 0.05) is 24.2 Å². The molecule has 0 aromatic heterocycles. The molecule has 5 heteroatoms. The van der Waals surface area contributed by atoms with Crippen LogP contribution in [-0.4, -0.2) is 31.5 Å². The van der Waals surface area contributed by atoms with Crippen molar-refractivity contribution >= 4 is 17.5 Å². The summed E-state index contributed by atoms with van der Waals surface area (Å²) in [7, 11) is 0. The lowest BCUT2D eigenvalue weighted by molar-refractivity contribution is -0.117. The number of anilines is 1. The number of rotatable bonds is 6. The fourth-order valence-corrected chi connectivity index (χ4v) is 3.38. The second-order valence-corrected chi connectivity index (χ2v) is 8.05. The first-order valence-corrected chi connectivity index (χ1v) is 9.77. The van der Waals surface area contributed by atoms with Crippen molar-refractivity contribution in [3.8, 4) is 5.75 Å². The summed E-state index contributed by atoms with van der Waals surface area (Å²) in [5.74, 6) is 0.795. The summed E-state index contributed by atoms with van der Waals surface area (Å²) in [5, 5.41) is 2.89. The maximum Gasteiger partial charge on any atom is 0.251 e. The third-order valence-electron chi connectivity index (χ3n) is 4.83. The highest BCUT2D eigenvalue weighted by Gasteiger charge is 2.22. The molecule has 5 nitrogen and oxygen atoms in total. The van der Waals surface area contributed by atoms with E-state index in [-0.39, 0.29) is 17.2 Å². The maximum absolute atomic E-state index is 12.5.